The molecular weight excluding hydrogens is 390 g/mol. The lowest BCUT2D eigenvalue weighted by Crippen LogP contribution is -2.34. The van der Waals surface area contributed by atoms with Crippen molar-refractivity contribution in [2.75, 3.05) is 19.6 Å². The number of nitrogens with one attached hydrogen (secondary N) is 3. The number of nitrogens with two attached hydrogens (primary N) is 1. The van der Waals surface area contributed by atoms with Gasteiger partial charge in [0, 0.05) is 36.4 Å². The van der Waals surface area contributed by atoms with Crippen LogP contribution in [0.4, 0.5) is 0 Å². The van der Waals surface area contributed by atoms with Gasteiger partial charge in [-0.05, 0) is 56.5 Å². The second-order valence-corrected chi connectivity index (χ2v) is 7.98. The minimum atomic E-state index is -0.290. The smallest absolute Gasteiger partial charge is 0.354 e. The van der Waals surface area contributed by atoms with Crippen LogP contribution in [0.25, 0.3) is 16.7 Å². The number of hydrogen-bond acceptors (Lipinski definition) is 4. The normalized spacial score (nSPS) is 13.1. The molecule has 0 radical (unpaired) electrons. The molecule has 8 heteroatoms. The third kappa shape index (κ3) is 5.73. The molecular formula is C23H33N7O. The van der Waals surface area contributed by atoms with Gasteiger partial charge in [0.05, 0.1) is 5.69 Å². The standard InChI is InChI=1S/C23H33N7O/c1-5-25-22(24)27-12-6-11-26-16(4)17-7-9-19(10-8-17)30-14-18-13-20(15(2)3)28-21(18)29-23(30)31/h7-10,13-16,26H,5-6,11-12H2,1-4H3,(H3,24,25,27)(H,28,29,31)/t16-/m0/s1. The zero-order valence-electron chi connectivity index (χ0n) is 18.8. The number of nitrogens with zero attached hydrogens (tertiary/aromatic N) is 3. The van der Waals surface area contributed by atoms with E-state index in [0.29, 0.717) is 24.1 Å². The van der Waals surface area contributed by atoms with Crippen LogP contribution in [0.5, 0.6) is 0 Å². The number of aromatic nitrogens is 3. The summed E-state index contributed by atoms with van der Waals surface area (Å²) in [6, 6.07) is 10.3. The Kier molecular flexibility index (Phi) is 7.46. The van der Waals surface area contributed by atoms with Gasteiger partial charge in [-0.1, -0.05) is 26.0 Å². The first kappa shape index (κ1) is 22.6. The van der Waals surface area contributed by atoms with Crippen LogP contribution < -0.4 is 22.1 Å². The summed E-state index contributed by atoms with van der Waals surface area (Å²) in [5.41, 5.74) is 9.11. The van der Waals surface area contributed by atoms with Crippen LogP contribution in [-0.2, 0) is 0 Å². The largest absolute Gasteiger partial charge is 0.370 e. The maximum atomic E-state index is 12.5. The molecule has 0 aliphatic carbocycles. The van der Waals surface area contributed by atoms with Gasteiger partial charge in [0.25, 0.3) is 0 Å². The first-order valence-electron chi connectivity index (χ1n) is 10.9. The monoisotopic (exact) mass is 423 g/mol. The van der Waals surface area contributed by atoms with Crippen LogP contribution in [0.1, 0.15) is 57.3 Å². The molecule has 5 N–H and O–H groups in total. The zero-order chi connectivity index (χ0) is 22.4. The van der Waals surface area contributed by atoms with Gasteiger partial charge in [-0.3, -0.25) is 9.56 Å². The molecule has 0 saturated carbocycles. The van der Waals surface area contributed by atoms with Gasteiger partial charge in [0.15, 0.2) is 5.96 Å². The van der Waals surface area contributed by atoms with Crippen molar-refractivity contribution in [3.63, 3.8) is 0 Å². The Balaban J connectivity index is 1.62. The molecule has 0 saturated heterocycles. The number of benzene rings is 1. The highest BCUT2D eigenvalue weighted by molar-refractivity contribution is 5.77. The van der Waals surface area contributed by atoms with Crippen molar-refractivity contribution < 1.29 is 0 Å². The summed E-state index contributed by atoms with van der Waals surface area (Å²) in [5.74, 6) is 0.845. The highest BCUT2D eigenvalue weighted by Crippen LogP contribution is 2.20. The number of rotatable bonds is 9. The molecule has 1 atom stereocenters. The molecule has 0 aliphatic rings. The van der Waals surface area contributed by atoms with E-state index < -0.39 is 0 Å². The molecule has 1 aromatic carbocycles. The summed E-state index contributed by atoms with van der Waals surface area (Å²) in [7, 11) is 0. The van der Waals surface area contributed by atoms with Crippen LogP contribution in [-0.4, -0.2) is 40.1 Å². The number of aromatic amines is 1. The van der Waals surface area contributed by atoms with Crippen LogP contribution in [0.3, 0.4) is 0 Å². The van der Waals surface area contributed by atoms with Crippen molar-refractivity contribution >= 4 is 17.0 Å². The summed E-state index contributed by atoms with van der Waals surface area (Å²) >= 11 is 0. The fourth-order valence-corrected chi connectivity index (χ4v) is 3.40. The van der Waals surface area contributed by atoms with Gasteiger partial charge in [-0.2, -0.15) is 4.98 Å². The number of fused-ring (bicyclic) bond motifs is 1. The van der Waals surface area contributed by atoms with Gasteiger partial charge in [0.2, 0.25) is 0 Å². The van der Waals surface area contributed by atoms with E-state index in [-0.39, 0.29) is 11.7 Å². The van der Waals surface area contributed by atoms with Crippen LogP contribution in [0, 0.1) is 0 Å². The Hall–Kier alpha value is -3.13. The molecule has 0 spiro atoms. The lowest BCUT2D eigenvalue weighted by molar-refractivity contribution is 0.555. The van der Waals surface area contributed by atoms with Crippen LogP contribution >= 0.6 is 0 Å². The van der Waals surface area contributed by atoms with E-state index in [9.17, 15) is 4.79 Å². The van der Waals surface area contributed by atoms with Crippen molar-refractivity contribution in [3.05, 3.63) is 58.3 Å². The first-order valence-corrected chi connectivity index (χ1v) is 10.9. The Bertz CT molecular complexity index is 1080. The Morgan fingerprint density at radius 2 is 1.97 bits per heavy atom. The summed E-state index contributed by atoms with van der Waals surface area (Å²) in [6.07, 6.45) is 2.79. The molecule has 0 unspecified atom stereocenters. The van der Waals surface area contributed by atoms with Crippen molar-refractivity contribution in [1.29, 1.82) is 0 Å². The molecule has 3 rings (SSSR count). The maximum Gasteiger partial charge on any atom is 0.354 e. The van der Waals surface area contributed by atoms with Crippen molar-refractivity contribution in [2.24, 2.45) is 10.7 Å². The average molecular weight is 424 g/mol. The maximum absolute atomic E-state index is 12.5. The predicted octanol–water partition coefficient (Wildman–Crippen LogP) is 2.80. The topological polar surface area (TPSA) is 113 Å². The second-order valence-electron chi connectivity index (χ2n) is 7.98. The lowest BCUT2D eigenvalue weighted by Gasteiger charge is -2.15. The molecule has 2 heterocycles. The van der Waals surface area contributed by atoms with E-state index in [0.717, 1.165) is 41.8 Å². The molecule has 0 fully saturated rings. The molecule has 8 nitrogen and oxygen atoms in total. The van der Waals surface area contributed by atoms with Crippen molar-refractivity contribution in [1.82, 2.24) is 25.2 Å². The summed E-state index contributed by atoms with van der Waals surface area (Å²) in [5, 5.41) is 7.53. The number of hydrogen-bond donors (Lipinski definition) is 4. The number of H-pyrrole nitrogens is 1. The van der Waals surface area contributed by atoms with E-state index in [1.54, 1.807) is 4.57 Å². The van der Waals surface area contributed by atoms with Crippen LogP contribution in [0.15, 0.2) is 46.3 Å². The van der Waals surface area contributed by atoms with Gasteiger partial charge < -0.3 is 21.4 Å². The van der Waals surface area contributed by atoms with E-state index >= 15 is 0 Å². The van der Waals surface area contributed by atoms with E-state index in [1.807, 2.05) is 37.4 Å². The fourth-order valence-electron chi connectivity index (χ4n) is 3.40. The average Bonchev–Trinajstić information content (AvgIpc) is 3.16. The Morgan fingerprint density at radius 3 is 2.65 bits per heavy atom. The molecule has 2 aromatic heterocycles. The molecule has 3 aromatic rings. The molecule has 166 valence electrons. The number of aliphatic imine (C=N–C) groups is 1. The van der Waals surface area contributed by atoms with Gasteiger partial charge in [0.1, 0.15) is 5.65 Å². The van der Waals surface area contributed by atoms with Gasteiger partial charge in [-0.25, -0.2) is 4.79 Å². The highest BCUT2D eigenvalue weighted by atomic mass is 16.1. The zero-order valence-corrected chi connectivity index (χ0v) is 18.8. The highest BCUT2D eigenvalue weighted by Gasteiger charge is 2.10. The molecule has 0 aliphatic heterocycles. The van der Waals surface area contributed by atoms with Gasteiger partial charge in [-0.15, -0.1) is 0 Å². The Morgan fingerprint density at radius 1 is 1.23 bits per heavy atom. The molecule has 0 bridgehead atoms. The summed E-state index contributed by atoms with van der Waals surface area (Å²) in [6.45, 7) is 10.6. The van der Waals surface area contributed by atoms with E-state index in [1.165, 1.54) is 0 Å². The number of guanidine groups is 1. The molecule has 31 heavy (non-hydrogen) atoms. The Labute approximate surface area is 183 Å². The first-order chi connectivity index (χ1) is 14.9. The SMILES string of the molecule is CC/N=C(/N)NCCCN[C@@H](C)c1ccc(-n2cc3cc(C(C)C)[nH]c3nc2=O)cc1. The van der Waals surface area contributed by atoms with E-state index in [2.05, 4.69) is 52.4 Å². The summed E-state index contributed by atoms with van der Waals surface area (Å²) in [4.78, 5) is 24.1. The minimum Gasteiger partial charge on any atom is -0.370 e. The van der Waals surface area contributed by atoms with Gasteiger partial charge >= 0.3 is 5.69 Å². The lowest BCUT2D eigenvalue weighted by atomic mass is 10.1. The van der Waals surface area contributed by atoms with Crippen LogP contribution in [0.2, 0.25) is 0 Å². The second kappa shape index (κ2) is 10.3. The molecule has 0 amide bonds. The van der Waals surface area contributed by atoms with Crippen molar-refractivity contribution in [2.45, 2.75) is 46.1 Å². The quantitative estimate of drug-likeness (QED) is 0.240. The third-order valence-electron chi connectivity index (χ3n) is 5.26. The predicted molar refractivity (Wildman–Crippen MR) is 127 cm³/mol. The summed E-state index contributed by atoms with van der Waals surface area (Å²) < 4.78 is 1.59. The van der Waals surface area contributed by atoms with E-state index in [4.69, 9.17) is 5.73 Å². The minimum absolute atomic E-state index is 0.200. The third-order valence-corrected chi connectivity index (χ3v) is 5.26. The fraction of sp³-hybridized carbons (Fsp3) is 0.435. The van der Waals surface area contributed by atoms with Crippen molar-refractivity contribution in [3.8, 4) is 5.69 Å².